The summed E-state index contributed by atoms with van der Waals surface area (Å²) in [5.74, 6) is 0.567. The summed E-state index contributed by atoms with van der Waals surface area (Å²) in [6.45, 7) is 2.90. The smallest absolute Gasteiger partial charge is 0.257 e. The van der Waals surface area contributed by atoms with Crippen molar-refractivity contribution in [3.8, 4) is 5.75 Å². The minimum Gasteiger partial charge on any atom is -0.496 e. The average molecular weight is 445 g/mol. The summed E-state index contributed by atoms with van der Waals surface area (Å²) in [6, 6.07) is 7.13. The summed E-state index contributed by atoms with van der Waals surface area (Å²) in [6.07, 6.45) is 6.34. The first-order valence-corrected chi connectivity index (χ1v) is 11.4. The summed E-state index contributed by atoms with van der Waals surface area (Å²) in [5, 5.41) is 4.55. The van der Waals surface area contributed by atoms with Crippen LogP contribution in [-0.4, -0.2) is 54.9 Å². The topological polar surface area (TPSA) is 49.9 Å². The lowest BCUT2D eigenvalue weighted by Crippen LogP contribution is -2.44. The third kappa shape index (κ3) is 4.40. The number of carbonyl (C=O) groups excluding carboxylic acids is 2. The molecule has 2 aromatic rings. The highest BCUT2D eigenvalue weighted by Crippen LogP contribution is 2.41. The summed E-state index contributed by atoms with van der Waals surface area (Å²) in [4.78, 5) is 29.4. The van der Waals surface area contributed by atoms with Crippen LogP contribution >= 0.6 is 22.9 Å². The van der Waals surface area contributed by atoms with E-state index in [0.717, 1.165) is 44.5 Å². The molecule has 0 atom stereocenters. The Labute approximate surface area is 185 Å². The van der Waals surface area contributed by atoms with Gasteiger partial charge in [0, 0.05) is 37.3 Å². The number of thiophene rings is 1. The molecule has 2 amide bonds. The van der Waals surface area contributed by atoms with Gasteiger partial charge in [-0.3, -0.25) is 9.59 Å². The number of carbonyl (C=O) groups is 2. The average Bonchev–Trinajstić information content (AvgIpc) is 3.42. The Balaban J connectivity index is 1.36. The normalized spacial score (nSPS) is 18.3. The molecule has 30 heavy (non-hydrogen) atoms. The second kappa shape index (κ2) is 8.82. The molecule has 0 saturated carbocycles. The SMILES string of the molecule is COc1ccc(Cl)cc1C(=O)N1CCC2(CCN(C(=O)C=Cc3ccsc3)CC2)C1. The first kappa shape index (κ1) is 20.9. The van der Waals surface area contributed by atoms with Crippen molar-refractivity contribution in [2.24, 2.45) is 5.41 Å². The predicted octanol–water partition coefficient (Wildman–Crippen LogP) is 4.58. The summed E-state index contributed by atoms with van der Waals surface area (Å²) in [7, 11) is 1.56. The van der Waals surface area contributed by atoms with E-state index in [1.54, 1.807) is 42.7 Å². The molecule has 5 nitrogen and oxygen atoms in total. The van der Waals surface area contributed by atoms with Gasteiger partial charge in [0.2, 0.25) is 5.91 Å². The third-order valence-electron chi connectivity index (χ3n) is 6.21. The highest BCUT2D eigenvalue weighted by atomic mass is 35.5. The number of nitrogens with zero attached hydrogens (tertiary/aromatic N) is 2. The van der Waals surface area contributed by atoms with Crippen molar-refractivity contribution in [1.82, 2.24) is 9.80 Å². The Bertz CT molecular complexity index is 949. The summed E-state index contributed by atoms with van der Waals surface area (Å²) in [5.41, 5.74) is 1.66. The van der Waals surface area contributed by atoms with Crippen molar-refractivity contribution >= 4 is 40.8 Å². The molecule has 1 spiro atoms. The molecule has 7 heteroatoms. The van der Waals surface area contributed by atoms with Crippen LogP contribution in [0.3, 0.4) is 0 Å². The zero-order chi connectivity index (χ0) is 21.1. The standard InChI is InChI=1S/C23H25ClN2O3S/c1-29-20-4-3-18(24)14-19(20)22(28)26-12-9-23(16-26)7-10-25(11-8-23)21(27)5-2-17-6-13-30-15-17/h2-6,13-15H,7-12,16H2,1H3. The van der Waals surface area contributed by atoms with E-state index in [0.29, 0.717) is 22.9 Å². The number of methoxy groups -OCH3 is 1. The lowest BCUT2D eigenvalue weighted by Gasteiger charge is -2.39. The van der Waals surface area contributed by atoms with E-state index in [-0.39, 0.29) is 17.2 Å². The number of amides is 2. The van der Waals surface area contributed by atoms with Gasteiger partial charge in [-0.05, 0) is 71.3 Å². The Morgan fingerprint density at radius 3 is 2.53 bits per heavy atom. The molecule has 1 aromatic carbocycles. The van der Waals surface area contributed by atoms with Gasteiger partial charge in [-0.25, -0.2) is 0 Å². The zero-order valence-corrected chi connectivity index (χ0v) is 18.5. The fraction of sp³-hybridized carbons (Fsp3) is 0.391. The molecule has 3 heterocycles. The molecular weight excluding hydrogens is 420 g/mol. The van der Waals surface area contributed by atoms with Crippen molar-refractivity contribution in [2.75, 3.05) is 33.3 Å². The summed E-state index contributed by atoms with van der Waals surface area (Å²) >= 11 is 7.72. The molecule has 2 aliphatic heterocycles. The highest BCUT2D eigenvalue weighted by Gasteiger charge is 2.43. The Morgan fingerprint density at radius 1 is 1.13 bits per heavy atom. The number of likely N-dealkylation sites (tertiary alicyclic amines) is 2. The molecule has 2 fully saturated rings. The largest absolute Gasteiger partial charge is 0.496 e. The van der Waals surface area contributed by atoms with Gasteiger partial charge in [-0.1, -0.05) is 11.6 Å². The molecule has 158 valence electrons. The lowest BCUT2D eigenvalue weighted by molar-refractivity contribution is -0.128. The molecule has 1 aromatic heterocycles. The lowest BCUT2D eigenvalue weighted by atomic mass is 9.77. The molecule has 0 aliphatic carbocycles. The Kier molecular flexibility index (Phi) is 6.16. The van der Waals surface area contributed by atoms with E-state index in [9.17, 15) is 9.59 Å². The molecular formula is C23H25ClN2O3S. The van der Waals surface area contributed by atoms with Gasteiger partial charge in [0.15, 0.2) is 0 Å². The van der Waals surface area contributed by atoms with Gasteiger partial charge < -0.3 is 14.5 Å². The minimum atomic E-state index is -0.0385. The van der Waals surface area contributed by atoms with Crippen LogP contribution in [0.5, 0.6) is 5.75 Å². The first-order valence-electron chi connectivity index (χ1n) is 10.1. The third-order valence-corrected chi connectivity index (χ3v) is 7.15. The van der Waals surface area contributed by atoms with Crippen LogP contribution in [0.2, 0.25) is 5.02 Å². The van der Waals surface area contributed by atoms with Crippen LogP contribution in [-0.2, 0) is 4.79 Å². The van der Waals surface area contributed by atoms with E-state index >= 15 is 0 Å². The number of benzene rings is 1. The Morgan fingerprint density at radius 2 is 1.87 bits per heavy atom. The fourth-order valence-corrected chi connectivity index (χ4v) is 5.18. The Hall–Kier alpha value is -2.31. The number of halogens is 1. The van der Waals surface area contributed by atoms with Gasteiger partial charge in [0.1, 0.15) is 5.75 Å². The van der Waals surface area contributed by atoms with Gasteiger partial charge in [-0.15, -0.1) is 0 Å². The zero-order valence-electron chi connectivity index (χ0n) is 17.0. The molecule has 0 bridgehead atoms. The van der Waals surface area contributed by atoms with Crippen LogP contribution in [0, 0.1) is 5.41 Å². The number of hydrogen-bond acceptors (Lipinski definition) is 4. The van der Waals surface area contributed by atoms with Gasteiger partial charge in [-0.2, -0.15) is 11.3 Å². The second-order valence-electron chi connectivity index (χ2n) is 8.04. The van der Waals surface area contributed by atoms with E-state index < -0.39 is 0 Å². The quantitative estimate of drug-likeness (QED) is 0.648. The number of hydrogen-bond donors (Lipinski definition) is 0. The fourth-order valence-electron chi connectivity index (χ4n) is 4.38. The van der Waals surface area contributed by atoms with Crippen molar-refractivity contribution in [2.45, 2.75) is 19.3 Å². The predicted molar refractivity (Wildman–Crippen MR) is 120 cm³/mol. The minimum absolute atomic E-state index is 0.0385. The maximum absolute atomic E-state index is 13.1. The second-order valence-corrected chi connectivity index (χ2v) is 9.25. The number of ether oxygens (including phenoxy) is 1. The highest BCUT2D eigenvalue weighted by molar-refractivity contribution is 7.08. The first-order chi connectivity index (χ1) is 14.5. The van der Waals surface area contributed by atoms with Crippen molar-refractivity contribution < 1.29 is 14.3 Å². The van der Waals surface area contributed by atoms with Crippen LogP contribution in [0.15, 0.2) is 41.1 Å². The van der Waals surface area contributed by atoms with Crippen LogP contribution < -0.4 is 4.74 Å². The van der Waals surface area contributed by atoms with E-state index in [4.69, 9.17) is 16.3 Å². The van der Waals surface area contributed by atoms with Crippen LogP contribution in [0.25, 0.3) is 6.08 Å². The van der Waals surface area contributed by atoms with Gasteiger partial charge in [0.25, 0.3) is 5.91 Å². The van der Waals surface area contributed by atoms with Crippen LogP contribution in [0.4, 0.5) is 0 Å². The summed E-state index contributed by atoms with van der Waals surface area (Å²) < 4.78 is 5.35. The maximum Gasteiger partial charge on any atom is 0.257 e. The van der Waals surface area contributed by atoms with E-state index in [2.05, 4.69) is 0 Å². The number of rotatable bonds is 4. The molecule has 0 N–H and O–H groups in total. The van der Waals surface area contributed by atoms with Crippen LogP contribution in [0.1, 0.15) is 35.2 Å². The van der Waals surface area contributed by atoms with Gasteiger partial charge in [0.05, 0.1) is 12.7 Å². The van der Waals surface area contributed by atoms with E-state index in [1.165, 1.54) is 0 Å². The van der Waals surface area contributed by atoms with Crippen molar-refractivity contribution in [1.29, 1.82) is 0 Å². The van der Waals surface area contributed by atoms with Crippen molar-refractivity contribution in [3.63, 3.8) is 0 Å². The number of piperidine rings is 1. The monoisotopic (exact) mass is 444 g/mol. The molecule has 0 radical (unpaired) electrons. The maximum atomic E-state index is 13.1. The molecule has 2 saturated heterocycles. The molecule has 0 unspecified atom stereocenters. The van der Waals surface area contributed by atoms with Crippen molar-refractivity contribution in [3.05, 3.63) is 57.3 Å². The molecule has 2 aliphatic rings. The van der Waals surface area contributed by atoms with E-state index in [1.807, 2.05) is 32.7 Å². The molecule has 4 rings (SSSR count). The van der Waals surface area contributed by atoms with Gasteiger partial charge >= 0.3 is 0 Å².